The summed E-state index contributed by atoms with van der Waals surface area (Å²) in [6.07, 6.45) is 5.89. The predicted octanol–water partition coefficient (Wildman–Crippen LogP) is 2.52. The molecule has 0 radical (unpaired) electrons. The first-order valence-corrected chi connectivity index (χ1v) is 12.4. The van der Waals surface area contributed by atoms with Gasteiger partial charge in [0.2, 0.25) is 17.7 Å². The number of hydrogen-bond donors (Lipinski definition) is 5. The number of hydrogen-bond acceptors (Lipinski definition) is 4. The third-order valence-electron chi connectivity index (χ3n) is 5.89. The van der Waals surface area contributed by atoms with Crippen molar-refractivity contribution in [2.24, 2.45) is 11.1 Å². The van der Waals surface area contributed by atoms with E-state index in [4.69, 9.17) is 5.73 Å². The van der Waals surface area contributed by atoms with Crippen molar-refractivity contribution in [2.75, 3.05) is 0 Å². The first kappa shape index (κ1) is 29.4. The number of allylic oxidation sites excluding steroid dienone is 1. The van der Waals surface area contributed by atoms with Crippen LogP contribution < -0.4 is 21.7 Å². The molecule has 1 aromatic carbocycles. The topological polar surface area (TPSA) is 146 Å². The smallest absolute Gasteiger partial charge is 0.268 e. The summed E-state index contributed by atoms with van der Waals surface area (Å²) in [7, 11) is 0. The van der Waals surface area contributed by atoms with Crippen LogP contribution in [0.3, 0.4) is 0 Å². The second-order valence-electron chi connectivity index (χ2n) is 10.3. The molecule has 2 aromatic rings. The van der Waals surface area contributed by atoms with Crippen LogP contribution in [-0.2, 0) is 20.8 Å². The standard InChI is InChI=1S/C28H39N5O4/c1-6-8-20(14-15-23(29)34)31-26(36)22(17-19-12-10-18(2)11-13-19)32-27(37)24(28(3,4)5)33-25(35)21-9-7-16-30-21/h6-13,16,20,22,24,30H,14-15,17H2,1-5H3,(H2,29,34)(H,31,36)(H,32,37)(H,33,35)/b8-6+/t20-,22+,24-/m1/s1. The lowest BCUT2D eigenvalue weighted by atomic mass is 9.85. The quantitative estimate of drug-likeness (QED) is 0.280. The zero-order valence-corrected chi connectivity index (χ0v) is 22.3. The number of H-pyrrole nitrogens is 1. The van der Waals surface area contributed by atoms with Crippen molar-refractivity contribution in [2.45, 2.75) is 72.0 Å². The maximum atomic E-state index is 13.5. The van der Waals surface area contributed by atoms with E-state index in [0.29, 0.717) is 12.1 Å². The predicted molar refractivity (Wildman–Crippen MR) is 143 cm³/mol. The number of rotatable bonds is 12. The van der Waals surface area contributed by atoms with Crippen LogP contribution >= 0.6 is 0 Å². The Labute approximate surface area is 218 Å². The molecule has 0 bridgehead atoms. The lowest BCUT2D eigenvalue weighted by Crippen LogP contribution is -2.58. The monoisotopic (exact) mass is 509 g/mol. The Morgan fingerprint density at radius 2 is 1.68 bits per heavy atom. The summed E-state index contributed by atoms with van der Waals surface area (Å²) in [5, 5.41) is 8.56. The zero-order chi connectivity index (χ0) is 27.6. The molecule has 0 fully saturated rings. The van der Waals surface area contributed by atoms with E-state index in [-0.39, 0.29) is 12.8 Å². The number of aromatic amines is 1. The molecule has 0 aliphatic rings. The van der Waals surface area contributed by atoms with Crippen molar-refractivity contribution in [3.63, 3.8) is 0 Å². The second kappa shape index (κ2) is 13.4. The molecule has 37 heavy (non-hydrogen) atoms. The van der Waals surface area contributed by atoms with Gasteiger partial charge in [0.1, 0.15) is 17.8 Å². The maximum absolute atomic E-state index is 13.5. The van der Waals surface area contributed by atoms with E-state index in [2.05, 4.69) is 20.9 Å². The van der Waals surface area contributed by atoms with Gasteiger partial charge in [0.05, 0.1) is 0 Å². The molecule has 9 heteroatoms. The number of aryl methyl sites for hydroxylation is 1. The van der Waals surface area contributed by atoms with E-state index < -0.39 is 47.2 Å². The number of nitrogens with two attached hydrogens (primary N) is 1. The van der Waals surface area contributed by atoms with Crippen LogP contribution in [-0.4, -0.2) is 46.7 Å². The van der Waals surface area contributed by atoms with Gasteiger partial charge in [0, 0.05) is 25.1 Å². The molecule has 0 aliphatic carbocycles. The minimum Gasteiger partial charge on any atom is -0.370 e. The first-order chi connectivity index (χ1) is 17.4. The van der Waals surface area contributed by atoms with Gasteiger partial charge in [-0.25, -0.2) is 0 Å². The number of amides is 4. The van der Waals surface area contributed by atoms with Gasteiger partial charge in [-0.1, -0.05) is 62.8 Å². The summed E-state index contributed by atoms with van der Waals surface area (Å²) in [5.41, 5.74) is 6.93. The molecular weight excluding hydrogens is 470 g/mol. The second-order valence-corrected chi connectivity index (χ2v) is 10.3. The maximum Gasteiger partial charge on any atom is 0.268 e. The van der Waals surface area contributed by atoms with Crippen LogP contribution in [0.1, 0.15) is 62.2 Å². The largest absolute Gasteiger partial charge is 0.370 e. The number of carbonyl (C=O) groups excluding carboxylic acids is 4. The van der Waals surface area contributed by atoms with Crippen LogP contribution in [0.25, 0.3) is 0 Å². The molecule has 2 rings (SSSR count). The van der Waals surface area contributed by atoms with Crippen molar-refractivity contribution in [1.29, 1.82) is 0 Å². The molecule has 0 spiro atoms. The van der Waals surface area contributed by atoms with Crippen LogP contribution in [0.4, 0.5) is 0 Å². The first-order valence-electron chi connectivity index (χ1n) is 12.4. The SMILES string of the molecule is C/C=C/[C@H](CCC(N)=O)NC(=O)[C@H](Cc1ccc(C)cc1)NC(=O)[C@@H](NC(=O)c1ccc[nH]1)C(C)(C)C. The molecular formula is C28H39N5O4. The van der Waals surface area contributed by atoms with Crippen molar-refractivity contribution < 1.29 is 19.2 Å². The Kier molecular flexibility index (Phi) is 10.7. The van der Waals surface area contributed by atoms with E-state index in [1.165, 1.54) is 0 Å². The summed E-state index contributed by atoms with van der Waals surface area (Å²) in [6, 6.07) is 8.78. The summed E-state index contributed by atoms with van der Waals surface area (Å²) >= 11 is 0. The molecule has 4 amide bonds. The minimum absolute atomic E-state index is 0.112. The van der Waals surface area contributed by atoms with Crippen LogP contribution in [0.5, 0.6) is 0 Å². The third-order valence-corrected chi connectivity index (χ3v) is 5.89. The Morgan fingerprint density at radius 3 is 2.22 bits per heavy atom. The van der Waals surface area contributed by atoms with E-state index in [0.717, 1.165) is 11.1 Å². The van der Waals surface area contributed by atoms with Gasteiger partial charge >= 0.3 is 0 Å². The highest BCUT2D eigenvalue weighted by atomic mass is 16.2. The highest BCUT2D eigenvalue weighted by Gasteiger charge is 2.35. The minimum atomic E-state index is -0.913. The fraction of sp³-hybridized carbons (Fsp3) is 0.429. The van der Waals surface area contributed by atoms with E-state index in [1.54, 1.807) is 30.5 Å². The summed E-state index contributed by atoms with van der Waals surface area (Å²) < 4.78 is 0. The van der Waals surface area contributed by atoms with Gasteiger partial charge in [0.15, 0.2) is 0 Å². The average molecular weight is 510 g/mol. The number of primary amides is 1. The highest BCUT2D eigenvalue weighted by Crippen LogP contribution is 2.20. The summed E-state index contributed by atoms with van der Waals surface area (Å²) in [6.45, 7) is 9.31. The van der Waals surface area contributed by atoms with Crippen molar-refractivity contribution in [1.82, 2.24) is 20.9 Å². The summed E-state index contributed by atoms with van der Waals surface area (Å²) in [5.74, 6) is -1.75. The number of nitrogens with one attached hydrogen (secondary N) is 4. The molecule has 0 saturated carbocycles. The lowest BCUT2D eigenvalue weighted by molar-refractivity contribution is -0.131. The number of carbonyl (C=O) groups is 4. The fourth-order valence-electron chi connectivity index (χ4n) is 3.81. The lowest BCUT2D eigenvalue weighted by Gasteiger charge is -2.32. The molecule has 1 aromatic heterocycles. The van der Waals surface area contributed by atoms with Crippen molar-refractivity contribution in [3.05, 3.63) is 71.6 Å². The van der Waals surface area contributed by atoms with Gasteiger partial charge in [-0.15, -0.1) is 0 Å². The van der Waals surface area contributed by atoms with Gasteiger partial charge in [-0.2, -0.15) is 0 Å². The Bertz CT molecular complexity index is 1080. The van der Waals surface area contributed by atoms with E-state index >= 15 is 0 Å². The fourth-order valence-corrected chi connectivity index (χ4v) is 3.81. The van der Waals surface area contributed by atoms with Crippen LogP contribution in [0.15, 0.2) is 54.7 Å². The van der Waals surface area contributed by atoms with Crippen molar-refractivity contribution in [3.8, 4) is 0 Å². The van der Waals surface area contributed by atoms with Gasteiger partial charge in [0.25, 0.3) is 5.91 Å². The third kappa shape index (κ3) is 9.59. The van der Waals surface area contributed by atoms with Crippen LogP contribution in [0, 0.1) is 12.3 Å². The van der Waals surface area contributed by atoms with Crippen molar-refractivity contribution >= 4 is 23.6 Å². The Hall–Kier alpha value is -3.88. The Balaban J connectivity index is 2.27. The molecule has 9 nitrogen and oxygen atoms in total. The summed E-state index contributed by atoms with van der Waals surface area (Å²) in [4.78, 5) is 53.7. The van der Waals surface area contributed by atoms with Gasteiger partial charge in [-0.05, 0) is 43.4 Å². The van der Waals surface area contributed by atoms with E-state index in [9.17, 15) is 19.2 Å². The molecule has 200 valence electrons. The van der Waals surface area contributed by atoms with E-state index in [1.807, 2.05) is 58.9 Å². The molecule has 0 unspecified atom stereocenters. The molecule has 1 heterocycles. The molecule has 0 saturated heterocycles. The Morgan fingerprint density at radius 1 is 1.00 bits per heavy atom. The normalized spacial score (nSPS) is 14.0. The number of aromatic nitrogens is 1. The highest BCUT2D eigenvalue weighted by molar-refractivity contribution is 5.97. The molecule has 3 atom stereocenters. The van der Waals surface area contributed by atoms with Gasteiger partial charge < -0.3 is 26.7 Å². The van der Waals surface area contributed by atoms with Gasteiger partial charge in [-0.3, -0.25) is 19.2 Å². The average Bonchev–Trinajstić information content (AvgIpc) is 3.36. The number of benzene rings is 1. The zero-order valence-electron chi connectivity index (χ0n) is 22.3. The van der Waals surface area contributed by atoms with Crippen LogP contribution in [0.2, 0.25) is 0 Å². The molecule has 6 N–H and O–H groups in total. The molecule has 0 aliphatic heterocycles.